The third-order valence-electron chi connectivity index (χ3n) is 3.21. The van der Waals surface area contributed by atoms with E-state index < -0.39 is 5.97 Å². The summed E-state index contributed by atoms with van der Waals surface area (Å²) in [5, 5.41) is 1.83. The molecule has 0 saturated heterocycles. The summed E-state index contributed by atoms with van der Waals surface area (Å²) in [6.07, 6.45) is 5.19. The van der Waals surface area contributed by atoms with Crippen molar-refractivity contribution in [3.8, 4) is 11.1 Å². The highest BCUT2D eigenvalue weighted by Crippen LogP contribution is 2.27. The van der Waals surface area contributed by atoms with E-state index in [-0.39, 0.29) is 0 Å². The Kier molecular flexibility index (Phi) is 3.60. The average Bonchev–Trinajstić information content (AvgIpc) is 2.55. The minimum absolute atomic E-state index is 0.313. The van der Waals surface area contributed by atoms with E-state index in [0.717, 1.165) is 21.9 Å². The number of carbonyl (C=O) groups excluding carboxylic acids is 1. The largest absolute Gasteiger partial charge is 0.461 e. The maximum atomic E-state index is 11.8. The second-order valence-corrected chi connectivity index (χ2v) is 4.56. The standard InChI is InChI=1S/C17H14N2O2/c1-2-21-17(20)16-8-14-13(10-19-16)9-18-11-15(14)12-6-4-3-5-7-12/h3-11H,2H2,1H3. The molecule has 0 saturated carbocycles. The van der Waals surface area contributed by atoms with Crippen LogP contribution in [0.25, 0.3) is 21.9 Å². The Morgan fingerprint density at radius 1 is 1.14 bits per heavy atom. The number of fused-ring (bicyclic) bond motifs is 1. The van der Waals surface area contributed by atoms with Crippen LogP contribution < -0.4 is 0 Å². The number of ether oxygens (including phenoxy) is 1. The summed E-state index contributed by atoms with van der Waals surface area (Å²) in [4.78, 5) is 20.2. The van der Waals surface area contributed by atoms with E-state index >= 15 is 0 Å². The molecule has 0 amide bonds. The molecule has 0 unspecified atom stereocenters. The Bertz CT molecular complexity index is 785. The van der Waals surface area contributed by atoms with Crippen molar-refractivity contribution in [1.29, 1.82) is 0 Å². The van der Waals surface area contributed by atoms with E-state index in [4.69, 9.17) is 4.74 Å². The van der Waals surface area contributed by atoms with Crippen LogP contribution in [0.2, 0.25) is 0 Å². The Morgan fingerprint density at radius 2 is 1.95 bits per heavy atom. The number of rotatable bonds is 3. The van der Waals surface area contributed by atoms with Crippen LogP contribution in [0.3, 0.4) is 0 Å². The molecule has 4 heteroatoms. The molecular weight excluding hydrogens is 264 g/mol. The number of esters is 1. The topological polar surface area (TPSA) is 52.1 Å². The van der Waals surface area contributed by atoms with E-state index in [2.05, 4.69) is 9.97 Å². The Morgan fingerprint density at radius 3 is 2.71 bits per heavy atom. The SMILES string of the molecule is CCOC(=O)c1cc2c(-c3ccccc3)cncc2cn1. The van der Waals surface area contributed by atoms with Crippen LogP contribution in [0.5, 0.6) is 0 Å². The lowest BCUT2D eigenvalue weighted by molar-refractivity contribution is 0.0520. The van der Waals surface area contributed by atoms with Crippen LogP contribution in [-0.4, -0.2) is 22.5 Å². The molecule has 0 radical (unpaired) electrons. The van der Waals surface area contributed by atoms with Gasteiger partial charge in [0, 0.05) is 29.5 Å². The molecule has 4 nitrogen and oxygen atoms in total. The average molecular weight is 278 g/mol. The van der Waals surface area contributed by atoms with Crippen LogP contribution in [0.1, 0.15) is 17.4 Å². The molecule has 0 fully saturated rings. The fourth-order valence-corrected chi connectivity index (χ4v) is 2.23. The molecule has 2 aromatic heterocycles. The zero-order valence-corrected chi connectivity index (χ0v) is 11.6. The van der Waals surface area contributed by atoms with Gasteiger partial charge in [0.2, 0.25) is 0 Å². The molecule has 3 aromatic rings. The monoisotopic (exact) mass is 278 g/mol. The van der Waals surface area contributed by atoms with E-state index in [0.29, 0.717) is 12.3 Å². The minimum Gasteiger partial charge on any atom is -0.461 e. The van der Waals surface area contributed by atoms with Gasteiger partial charge in [-0.3, -0.25) is 4.98 Å². The van der Waals surface area contributed by atoms with Crippen LogP contribution in [0.4, 0.5) is 0 Å². The predicted octanol–water partition coefficient (Wildman–Crippen LogP) is 3.47. The normalized spacial score (nSPS) is 10.5. The number of aromatic nitrogens is 2. The molecule has 3 rings (SSSR count). The fourth-order valence-electron chi connectivity index (χ4n) is 2.23. The smallest absolute Gasteiger partial charge is 0.356 e. The van der Waals surface area contributed by atoms with Crippen molar-refractivity contribution < 1.29 is 9.53 Å². The summed E-state index contributed by atoms with van der Waals surface area (Å²) < 4.78 is 5.01. The molecule has 0 aliphatic rings. The van der Waals surface area contributed by atoms with E-state index in [9.17, 15) is 4.79 Å². The van der Waals surface area contributed by atoms with Gasteiger partial charge in [0.25, 0.3) is 0 Å². The summed E-state index contributed by atoms with van der Waals surface area (Å²) in [5.74, 6) is -0.407. The first kappa shape index (κ1) is 13.2. The molecule has 1 aromatic carbocycles. The van der Waals surface area contributed by atoms with Gasteiger partial charge in [0.1, 0.15) is 5.69 Å². The Hall–Kier alpha value is -2.75. The first-order valence-corrected chi connectivity index (χ1v) is 6.76. The van der Waals surface area contributed by atoms with Gasteiger partial charge in [-0.2, -0.15) is 0 Å². The van der Waals surface area contributed by atoms with Crippen molar-refractivity contribution >= 4 is 16.7 Å². The number of benzene rings is 1. The van der Waals surface area contributed by atoms with Crippen molar-refractivity contribution in [3.05, 3.63) is 60.7 Å². The van der Waals surface area contributed by atoms with Crippen LogP contribution in [-0.2, 0) is 4.74 Å². The van der Waals surface area contributed by atoms with Crippen LogP contribution in [0.15, 0.2) is 55.0 Å². The van der Waals surface area contributed by atoms with E-state index in [1.54, 1.807) is 31.6 Å². The first-order valence-electron chi connectivity index (χ1n) is 6.76. The summed E-state index contributed by atoms with van der Waals surface area (Å²) >= 11 is 0. The summed E-state index contributed by atoms with van der Waals surface area (Å²) in [6, 6.07) is 11.7. The lowest BCUT2D eigenvalue weighted by Gasteiger charge is -2.07. The maximum Gasteiger partial charge on any atom is 0.356 e. The van der Waals surface area contributed by atoms with Crippen molar-refractivity contribution in [2.24, 2.45) is 0 Å². The van der Waals surface area contributed by atoms with Crippen molar-refractivity contribution in [3.63, 3.8) is 0 Å². The van der Waals surface area contributed by atoms with Crippen LogP contribution in [0, 0.1) is 0 Å². The molecule has 0 spiro atoms. The van der Waals surface area contributed by atoms with Gasteiger partial charge in [-0.25, -0.2) is 9.78 Å². The molecule has 0 aliphatic heterocycles. The third-order valence-corrected chi connectivity index (χ3v) is 3.21. The number of carbonyl (C=O) groups is 1. The van der Waals surface area contributed by atoms with Crippen LogP contribution >= 0.6 is 0 Å². The summed E-state index contributed by atoms with van der Waals surface area (Å²) in [7, 11) is 0. The summed E-state index contributed by atoms with van der Waals surface area (Å²) in [6.45, 7) is 2.11. The van der Waals surface area contributed by atoms with Crippen molar-refractivity contribution in [2.75, 3.05) is 6.61 Å². The zero-order valence-electron chi connectivity index (χ0n) is 11.6. The molecule has 2 heterocycles. The Balaban J connectivity index is 2.17. The molecule has 0 aliphatic carbocycles. The van der Waals surface area contributed by atoms with Gasteiger partial charge in [-0.15, -0.1) is 0 Å². The zero-order chi connectivity index (χ0) is 14.7. The molecule has 0 bridgehead atoms. The predicted molar refractivity (Wildman–Crippen MR) is 80.9 cm³/mol. The highest BCUT2D eigenvalue weighted by atomic mass is 16.5. The highest BCUT2D eigenvalue weighted by Gasteiger charge is 2.11. The minimum atomic E-state index is -0.407. The fraction of sp³-hybridized carbons (Fsp3) is 0.118. The van der Waals surface area contributed by atoms with Crippen molar-refractivity contribution in [1.82, 2.24) is 9.97 Å². The second-order valence-electron chi connectivity index (χ2n) is 4.56. The maximum absolute atomic E-state index is 11.8. The number of hydrogen-bond acceptors (Lipinski definition) is 4. The third kappa shape index (κ3) is 2.60. The van der Waals surface area contributed by atoms with E-state index in [1.807, 2.05) is 30.3 Å². The number of hydrogen-bond donors (Lipinski definition) is 0. The van der Waals surface area contributed by atoms with Crippen molar-refractivity contribution in [2.45, 2.75) is 6.92 Å². The van der Waals surface area contributed by atoms with Gasteiger partial charge in [0.15, 0.2) is 0 Å². The lowest BCUT2D eigenvalue weighted by Crippen LogP contribution is -2.06. The van der Waals surface area contributed by atoms with E-state index in [1.165, 1.54) is 0 Å². The highest BCUT2D eigenvalue weighted by molar-refractivity contribution is 5.99. The molecular formula is C17H14N2O2. The molecule has 0 atom stereocenters. The number of nitrogens with zero attached hydrogens (tertiary/aromatic N) is 2. The summed E-state index contributed by atoms with van der Waals surface area (Å²) in [5.41, 5.74) is 2.34. The molecule has 0 N–H and O–H groups in total. The van der Waals surface area contributed by atoms with Gasteiger partial charge >= 0.3 is 5.97 Å². The molecule has 21 heavy (non-hydrogen) atoms. The lowest BCUT2D eigenvalue weighted by atomic mass is 10.0. The quantitative estimate of drug-likeness (QED) is 0.688. The van der Waals surface area contributed by atoms with Gasteiger partial charge in [-0.05, 0) is 23.9 Å². The number of pyridine rings is 2. The van der Waals surface area contributed by atoms with Gasteiger partial charge in [0.05, 0.1) is 6.61 Å². The van der Waals surface area contributed by atoms with Gasteiger partial charge < -0.3 is 4.74 Å². The van der Waals surface area contributed by atoms with Gasteiger partial charge in [-0.1, -0.05) is 30.3 Å². The molecule has 104 valence electrons. The Labute approximate surface area is 122 Å². The first-order chi connectivity index (χ1) is 10.3. The second kappa shape index (κ2) is 5.71.